The summed E-state index contributed by atoms with van der Waals surface area (Å²) >= 11 is 3.14. The van der Waals surface area contributed by atoms with Crippen LogP contribution in [0.25, 0.3) is 0 Å². The van der Waals surface area contributed by atoms with Crippen LogP contribution in [0, 0.1) is 0 Å². The van der Waals surface area contributed by atoms with Gasteiger partial charge in [-0.3, -0.25) is 9.59 Å². The Kier molecular flexibility index (Phi) is 7.19. The summed E-state index contributed by atoms with van der Waals surface area (Å²) in [5, 5.41) is 8.52. The molecular formula is C21H22N2O2S2. The molecule has 27 heavy (non-hydrogen) atoms. The summed E-state index contributed by atoms with van der Waals surface area (Å²) in [4.78, 5) is 27.8. The molecule has 0 aliphatic heterocycles. The highest BCUT2D eigenvalue weighted by Crippen LogP contribution is 2.14. The number of rotatable bonds is 9. The molecule has 0 saturated heterocycles. The van der Waals surface area contributed by atoms with E-state index in [-0.39, 0.29) is 11.8 Å². The summed E-state index contributed by atoms with van der Waals surface area (Å²) in [5.41, 5.74) is 1.86. The van der Waals surface area contributed by atoms with Crippen molar-refractivity contribution in [1.82, 2.24) is 10.2 Å². The quantitative estimate of drug-likeness (QED) is 0.587. The van der Waals surface area contributed by atoms with E-state index in [1.807, 2.05) is 46.0 Å². The molecule has 4 nitrogen and oxygen atoms in total. The highest BCUT2D eigenvalue weighted by Gasteiger charge is 2.15. The number of hydrogen-bond donors (Lipinski definition) is 1. The fraction of sp³-hybridized carbons (Fsp3) is 0.238. The summed E-state index contributed by atoms with van der Waals surface area (Å²) in [7, 11) is 0. The predicted molar refractivity (Wildman–Crippen MR) is 111 cm³/mol. The molecule has 0 saturated carbocycles. The zero-order chi connectivity index (χ0) is 18.9. The lowest BCUT2D eigenvalue weighted by Crippen LogP contribution is -2.35. The maximum absolute atomic E-state index is 12.7. The second-order valence-corrected chi connectivity index (χ2v) is 7.96. The monoisotopic (exact) mass is 398 g/mol. The van der Waals surface area contributed by atoms with Crippen molar-refractivity contribution in [3.8, 4) is 0 Å². The van der Waals surface area contributed by atoms with Gasteiger partial charge in [0.05, 0.1) is 6.54 Å². The number of carbonyl (C=O) groups is 2. The van der Waals surface area contributed by atoms with Crippen LogP contribution < -0.4 is 5.32 Å². The van der Waals surface area contributed by atoms with Gasteiger partial charge in [0.25, 0.3) is 5.91 Å². The third kappa shape index (κ3) is 6.05. The van der Waals surface area contributed by atoms with Crippen molar-refractivity contribution in [3.63, 3.8) is 0 Å². The minimum Gasteiger partial charge on any atom is -0.351 e. The number of nitrogens with zero attached hydrogens (tertiary/aromatic N) is 1. The molecule has 2 aromatic heterocycles. The number of benzene rings is 1. The molecule has 0 spiro atoms. The van der Waals surface area contributed by atoms with Crippen molar-refractivity contribution in [2.24, 2.45) is 0 Å². The fourth-order valence-corrected chi connectivity index (χ4v) is 4.08. The number of hydrogen-bond acceptors (Lipinski definition) is 4. The highest BCUT2D eigenvalue weighted by atomic mass is 32.1. The Hall–Kier alpha value is -2.44. The molecular weight excluding hydrogens is 376 g/mol. The molecule has 0 aliphatic carbocycles. The Balaban J connectivity index is 1.53. The maximum Gasteiger partial charge on any atom is 0.252 e. The summed E-state index contributed by atoms with van der Waals surface area (Å²) in [6.45, 7) is 1.63. The van der Waals surface area contributed by atoms with E-state index in [9.17, 15) is 9.59 Å². The first-order valence-corrected chi connectivity index (χ1v) is 10.7. The number of thiophene rings is 2. The Morgan fingerprint density at radius 2 is 1.85 bits per heavy atom. The Labute approximate surface area is 167 Å². The van der Waals surface area contributed by atoms with E-state index in [1.165, 1.54) is 21.8 Å². The van der Waals surface area contributed by atoms with Gasteiger partial charge >= 0.3 is 0 Å². The SMILES string of the molecule is O=C(NCCC(=O)N(CCc1ccccc1)Cc1cccs1)c1ccsc1. The third-order valence-corrected chi connectivity index (χ3v) is 5.74. The minimum absolute atomic E-state index is 0.0601. The average molecular weight is 399 g/mol. The Bertz CT molecular complexity index is 830. The number of carbonyl (C=O) groups excluding carboxylic acids is 2. The normalized spacial score (nSPS) is 10.5. The molecule has 0 atom stereocenters. The van der Waals surface area contributed by atoms with Crippen LogP contribution in [0.2, 0.25) is 0 Å². The molecule has 0 aliphatic rings. The van der Waals surface area contributed by atoms with Gasteiger partial charge in [0, 0.05) is 35.3 Å². The van der Waals surface area contributed by atoms with Gasteiger partial charge in [0.1, 0.15) is 0 Å². The van der Waals surface area contributed by atoms with Gasteiger partial charge in [0.15, 0.2) is 0 Å². The third-order valence-electron chi connectivity index (χ3n) is 4.20. The van der Waals surface area contributed by atoms with Crippen molar-refractivity contribution >= 4 is 34.5 Å². The molecule has 1 aromatic carbocycles. The van der Waals surface area contributed by atoms with E-state index in [0.717, 1.165) is 6.42 Å². The minimum atomic E-state index is -0.127. The molecule has 1 N–H and O–H groups in total. The topological polar surface area (TPSA) is 49.4 Å². The molecule has 0 fully saturated rings. The van der Waals surface area contributed by atoms with Crippen LogP contribution >= 0.6 is 22.7 Å². The van der Waals surface area contributed by atoms with E-state index in [4.69, 9.17) is 0 Å². The lowest BCUT2D eigenvalue weighted by atomic mass is 10.1. The lowest BCUT2D eigenvalue weighted by Gasteiger charge is -2.22. The second-order valence-electron chi connectivity index (χ2n) is 6.15. The Morgan fingerprint density at radius 3 is 2.56 bits per heavy atom. The zero-order valence-electron chi connectivity index (χ0n) is 15.0. The smallest absolute Gasteiger partial charge is 0.252 e. The van der Waals surface area contributed by atoms with Gasteiger partial charge in [-0.15, -0.1) is 11.3 Å². The van der Waals surface area contributed by atoms with E-state index < -0.39 is 0 Å². The average Bonchev–Trinajstić information content (AvgIpc) is 3.39. The van der Waals surface area contributed by atoms with Crippen molar-refractivity contribution in [1.29, 1.82) is 0 Å². The van der Waals surface area contributed by atoms with E-state index >= 15 is 0 Å². The molecule has 0 radical (unpaired) electrons. The first-order valence-electron chi connectivity index (χ1n) is 8.87. The standard InChI is InChI=1S/C21H22N2O2S2/c24-20(8-11-22-21(25)18-10-14-26-16-18)23(15-19-7-4-13-27-19)12-9-17-5-2-1-3-6-17/h1-7,10,13-14,16H,8-9,11-12,15H2,(H,22,25). The molecule has 3 aromatic rings. The fourth-order valence-electron chi connectivity index (χ4n) is 2.73. The van der Waals surface area contributed by atoms with Crippen molar-refractivity contribution in [2.75, 3.05) is 13.1 Å². The molecule has 2 heterocycles. The van der Waals surface area contributed by atoms with E-state index in [2.05, 4.69) is 17.4 Å². The van der Waals surface area contributed by atoms with Gasteiger partial charge in [-0.25, -0.2) is 0 Å². The van der Waals surface area contributed by atoms with Crippen molar-refractivity contribution < 1.29 is 9.59 Å². The molecule has 0 unspecified atom stereocenters. The molecule has 2 amide bonds. The zero-order valence-corrected chi connectivity index (χ0v) is 16.6. The van der Waals surface area contributed by atoms with Crippen LogP contribution in [-0.2, 0) is 17.8 Å². The molecule has 140 valence electrons. The van der Waals surface area contributed by atoms with Gasteiger partial charge in [-0.05, 0) is 34.9 Å². The maximum atomic E-state index is 12.7. The van der Waals surface area contributed by atoms with Gasteiger partial charge < -0.3 is 10.2 Å². The van der Waals surface area contributed by atoms with Crippen LogP contribution in [0.1, 0.15) is 27.2 Å². The van der Waals surface area contributed by atoms with Gasteiger partial charge in [-0.2, -0.15) is 11.3 Å². The number of amides is 2. The first kappa shape index (κ1) is 19.3. The lowest BCUT2D eigenvalue weighted by molar-refractivity contribution is -0.131. The van der Waals surface area contributed by atoms with E-state index in [0.29, 0.717) is 31.6 Å². The van der Waals surface area contributed by atoms with Crippen LogP contribution in [-0.4, -0.2) is 29.8 Å². The van der Waals surface area contributed by atoms with Crippen molar-refractivity contribution in [3.05, 3.63) is 80.7 Å². The summed E-state index contributed by atoms with van der Waals surface area (Å²) in [6, 6.07) is 16.0. The van der Waals surface area contributed by atoms with Crippen molar-refractivity contribution in [2.45, 2.75) is 19.4 Å². The molecule has 0 bridgehead atoms. The largest absolute Gasteiger partial charge is 0.351 e. The van der Waals surface area contributed by atoms with Crippen LogP contribution in [0.3, 0.4) is 0 Å². The van der Waals surface area contributed by atoms with E-state index in [1.54, 1.807) is 22.8 Å². The van der Waals surface area contributed by atoms with Gasteiger partial charge in [0.2, 0.25) is 5.91 Å². The van der Waals surface area contributed by atoms with Crippen LogP contribution in [0.5, 0.6) is 0 Å². The summed E-state index contributed by atoms with van der Waals surface area (Å²) in [5.74, 6) is -0.0666. The second kappa shape index (κ2) is 10.0. The molecule has 6 heteroatoms. The predicted octanol–water partition coefficient (Wildman–Crippen LogP) is 4.20. The van der Waals surface area contributed by atoms with Crippen LogP contribution in [0.15, 0.2) is 64.7 Å². The summed E-state index contributed by atoms with van der Waals surface area (Å²) < 4.78 is 0. The Morgan fingerprint density at radius 1 is 1.00 bits per heavy atom. The van der Waals surface area contributed by atoms with Crippen LogP contribution in [0.4, 0.5) is 0 Å². The first-order chi connectivity index (χ1) is 13.2. The summed E-state index contributed by atoms with van der Waals surface area (Å²) in [6.07, 6.45) is 1.12. The number of nitrogens with one attached hydrogen (secondary N) is 1. The highest BCUT2D eigenvalue weighted by molar-refractivity contribution is 7.09. The molecule has 3 rings (SSSR count). The van der Waals surface area contributed by atoms with Gasteiger partial charge in [-0.1, -0.05) is 36.4 Å².